The smallest absolute Gasteiger partial charge is 0.00695 e. The molecule has 1 unspecified atom stereocenters. The van der Waals surface area contributed by atoms with E-state index in [0.717, 1.165) is 12.1 Å². The summed E-state index contributed by atoms with van der Waals surface area (Å²) in [7, 11) is 0. The van der Waals surface area contributed by atoms with Crippen molar-refractivity contribution >= 4 is 0 Å². The van der Waals surface area contributed by atoms with Crippen molar-refractivity contribution in [3.63, 3.8) is 0 Å². The van der Waals surface area contributed by atoms with Crippen molar-refractivity contribution in [3.05, 3.63) is 0 Å². The summed E-state index contributed by atoms with van der Waals surface area (Å²) in [6.07, 6.45) is 15.6. The predicted octanol–water partition coefficient (Wildman–Crippen LogP) is 4.66. The Kier molecular flexibility index (Phi) is 7.92. The number of nitrogens with one attached hydrogen (secondary N) is 1. The first-order valence-electron chi connectivity index (χ1n) is 7.59. The number of unbranched alkanes of at least 4 members (excludes halogenated alkanes) is 2. The molecule has 16 heavy (non-hydrogen) atoms. The lowest BCUT2D eigenvalue weighted by Crippen LogP contribution is -2.36. The monoisotopic (exact) mass is 225 g/mol. The van der Waals surface area contributed by atoms with Crippen LogP contribution in [0.2, 0.25) is 0 Å². The maximum absolute atomic E-state index is 3.85. The summed E-state index contributed by atoms with van der Waals surface area (Å²) < 4.78 is 0. The molecular formula is C15H31N. The van der Waals surface area contributed by atoms with Gasteiger partial charge in [-0.15, -0.1) is 0 Å². The minimum atomic E-state index is 0.732. The standard InChI is InChI=1S/C15H31N/c1-3-4-8-11-14(2)16-15-12-9-6-5-7-10-13-15/h14-16H,3-13H2,1-2H3. The maximum Gasteiger partial charge on any atom is 0.00695 e. The van der Waals surface area contributed by atoms with Gasteiger partial charge in [-0.05, 0) is 26.2 Å². The van der Waals surface area contributed by atoms with Crippen LogP contribution in [0.3, 0.4) is 0 Å². The van der Waals surface area contributed by atoms with Gasteiger partial charge in [0.1, 0.15) is 0 Å². The molecule has 96 valence electrons. The van der Waals surface area contributed by atoms with Crippen molar-refractivity contribution in [1.82, 2.24) is 5.32 Å². The Labute approximate surface area is 102 Å². The second-order valence-corrected chi connectivity index (χ2v) is 5.61. The highest BCUT2D eigenvalue weighted by Gasteiger charge is 2.13. The molecule has 0 bridgehead atoms. The van der Waals surface area contributed by atoms with Crippen molar-refractivity contribution in [2.24, 2.45) is 0 Å². The first-order valence-corrected chi connectivity index (χ1v) is 7.59. The maximum atomic E-state index is 3.85. The van der Waals surface area contributed by atoms with Crippen LogP contribution in [0.5, 0.6) is 0 Å². The van der Waals surface area contributed by atoms with Crippen LogP contribution in [0.4, 0.5) is 0 Å². The van der Waals surface area contributed by atoms with Crippen LogP contribution >= 0.6 is 0 Å². The van der Waals surface area contributed by atoms with Gasteiger partial charge < -0.3 is 5.32 Å². The Balaban J connectivity index is 2.12. The molecule has 0 aromatic heterocycles. The Bertz CT molecular complexity index is 148. The molecule has 0 saturated heterocycles. The van der Waals surface area contributed by atoms with Gasteiger partial charge in [-0.2, -0.15) is 0 Å². The molecule has 0 radical (unpaired) electrons. The van der Waals surface area contributed by atoms with Gasteiger partial charge in [0, 0.05) is 12.1 Å². The summed E-state index contributed by atoms with van der Waals surface area (Å²) in [6.45, 7) is 4.65. The van der Waals surface area contributed by atoms with E-state index in [2.05, 4.69) is 19.2 Å². The lowest BCUT2D eigenvalue weighted by molar-refractivity contribution is 0.347. The van der Waals surface area contributed by atoms with Crippen molar-refractivity contribution < 1.29 is 0 Å². The first-order chi connectivity index (χ1) is 7.83. The zero-order valence-corrected chi connectivity index (χ0v) is 11.4. The molecule has 0 aromatic rings. The normalized spacial score (nSPS) is 21.4. The Morgan fingerprint density at radius 3 is 2.25 bits per heavy atom. The van der Waals surface area contributed by atoms with Crippen LogP contribution in [-0.2, 0) is 0 Å². The average molecular weight is 225 g/mol. The second kappa shape index (κ2) is 9.04. The lowest BCUT2D eigenvalue weighted by Gasteiger charge is -2.25. The second-order valence-electron chi connectivity index (χ2n) is 5.61. The molecule has 0 amide bonds. The third-order valence-electron chi connectivity index (χ3n) is 3.87. The van der Waals surface area contributed by atoms with E-state index in [1.807, 2.05) is 0 Å². The molecule has 0 aliphatic heterocycles. The molecule has 1 N–H and O–H groups in total. The van der Waals surface area contributed by atoms with E-state index >= 15 is 0 Å². The fourth-order valence-corrected chi connectivity index (χ4v) is 2.81. The molecule has 1 nitrogen and oxygen atoms in total. The van der Waals surface area contributed by atoms with Gasteiger partial charge >= 0.3 is 0 Å². The van der Waals surface area contributed by atoms with Gasteiger partial charge in [-0.3, -0.25) is 0 Å². The molecule has 1 aliphatic carbocycles. The number of hydrogen-bond donors (Lipinski definition) is 1. The summed E-state index contributed by atoms with van der Waals surface area (Å²) in [5.41, 5.74) is 0. The van der Waals surface area contributed by atoms with Gasteiger partial charge in [-0.1, -0.05) is 58.3 Å². The van der Waals surface area contributed by atoms with E-state index in [1.54, 1.807) is 0 Å². The van der Waals surface area contributed by atoms with Crippen molar-refractivity contribution in [2.45, 2.75) is 96.6 Å². The fraction of sp³-hybridized carbons (Fsp3) is 1.00. The van der Waals surface area contributed by atoms with Crippen molar-refractivity contribution in [3.8, 4) is 0 Å². The third-order valence-corrected chi connectivity index (χ3v) is 3.87. The van der Waals surface area contributed by atoms with Crippen LogP contribution in [0, 0.1) is 0 Å². The first kappa shape index (κ1) is 14.0. The topological polar surface area (TPSA) is 12.0 Å². The zero-order chi connectivity index (χ0) is 11.6. The molecule has 1 rings (SSSR count). The van der Waals surface area contributed by atoms with Crippen molar-refractivity contribution in [1.29, 1.82) is 0 Å². The van der Waals surface area contributed by atoms with Crippen LogP contribution in [0.25, 0.3) is 0 Å². The minimum Gasteiger partial charge on any atom is -0.312 e. The van der Waals surface area contributed by atoms with E-state index in [9.17, 15) is 0 Å². The summed E-state index contributed by atoms with van der Waals surface area (Å²) in [4.78, 5) is 0. The van der Waals surface area contributed by atoms with Crippen LogP contribution < -0.4 is 5.32 Å². The quantitative estimate of drug-likeness (QED) is 0.648. The summed E-state index contributed by atoms with van der Waals surface area (Å²) in [5, 5.41) is 3.85. The predicted molar refractivity (Wildman–Crippen MR) is 72.8 cm³/mol. The highest BCUT2D eigenvalue weighted by atomic mass is 14.9. The summed E-state index contributed by atoms with van der Waals surface area (Å²) in [6, 6.07) is 1.55. The van der Waals surface area contributed by atoms with E-state index in [4.69, 9.17) is 0 Å². The third kappa shape index (κ3) is 6.52. The van der Waals surface area contributed by atoms with Crippen LogP contribution in [-0.4, -0.2) is 12.1 Å². The van der Waals surface area contributed by atoms with E-state index < -0.39 is 0 Å². The van der Waals surface area contributed by atoms with Crippen LogP contribution in [0.1, 0.15) is 84.5 Å². The van der Waals surface area contributed by atoms with E-state index in [1.165, 1.54) is 70.6 Å². The molecule has 0 heterocycles. The average Bonchev–Trinajstić information content (AvgIpc) is 2.22. The molecule has 1 aliphatic rings. The molecule has 0 aromatic carbocycles. The fourth-order valence-electron chi connectivity index (χ4n) is 2.81. The van der Waals surface area contributed by atoms with Gasteiger partial charge in [0.05, 0.1) is 0 Å². The molecule has 0 spiro atoms. The highest BCUT2D eigenvalue weighted by Crippen LogP contribution is 2.18. The van der Waals surface area contributed by atoms with E-state index in [-0.39, 0.29) is 0 Å². The minimum absolute atomic E-state index is 0.732. The molecule has 1 atom stereocenters. The number of rotatable bonds is 6. The lowest BCUT2D eigenvalue weighted by atomic mass is 9.96. The molecular weight excluding hydrogens is 194 g/mol. The Hall–Kier alpha value is -0.0400. The van der Waals surface area contributed by atoms with Crippen molar-refractivity contribution in [2.75, 3.05) is 0 Å². The van der Waals surface area contributed by atoms with Gasteiger partial charge in [0.2, 0.25) is 0 Å². The Morgan fingerprint density at radius 1 is 1.00 bits per heavy atom. The molecule has 1 saturated carbocycles. The Morgan fingerprint density at radius 2 is 1.62 bits per heavy atom. The largest absolute Gasteiger partial charge is 0.312 e. The summed E-state index contributed by atoms with van der Waals surface area (Å²) in [5.74, 6) is 0. The van der Waals surface area contributed by atoms with Crippen LogP contribution in [0.15, 0.2) is 0 Å². The van der Waals surface area contributed by atoms with Gasteiger partial charge in [0.25, 0.3) is 0 Å². The molecule has 1 heteroatoms. The van der Waals surface area contributed by atoms with Gasteiger partial charge in [-0.25, -0.2) is 0 Å². The highest BCUT2D eigenvalue weighted by molar-refractivity contribution is 4.73. The zero-order valence-electron chi connectivity index (χ0n) is 11.4. The molecule has 1 fully saturated rings. The van der Waals surface area contributed by atoms with Gasteiger partial charge in [0.15, 0.2) is 0 Å². The number of hydrogen-bond acceptors (Lipinski definition) is 1. The SMILES string of the molecule is CCCCCC(C)NC1CCCCCCC1. The van der Waals surface area contributed by atoms with E-state index in [0.29, 0.717) is 0 Å². The summed E-state index contributed by atoms with van der Waals surface area (Å²) >= 11 is 0.